The second-order valence-corrected chi connectivity index (χ2v) is 9.35. The maximum atomic E-state index is 12.7. The lowest BCUT2D eigenvalue weighted by Gasteiger charge is -2.34. The van der Waals surface area contributed by atoms with Crippen molar-refractivity contribution in [3.8, 4) is 0 Å². The molecule has 0 atom stereocenters. The Bertz CT molecular complexity index is 714. The SMILES string of the molecule is Cl.O=C(CCC1CCNCC1)N1CCN(S(=O)(=O)c2ccc(Cl)cc2)CC1. The van der Waals surface area contributed by atoms with E-state index < -0.39 is 10.0 Å². The van der Waals surface area contributed by atoms with Crippen LogP contribution in [0.4, 0.5) is 0 Å². The van der Waals surface area contributed by atoms with Crippen molar-refractivity contribution in [3.63, 3.8) is 0 Å². The predicted molar refractivity (Wildman–Crippen MR) is 109 cm³/mol. The van der Waals surface area contributed by atoms with Crippen LogP contribution in [0.15, 0.2) is 29.2 Å². The zero-order valence-corrected chi connectivity index (χ0v) is 17.7. The van der Waals surface area contributed by atoms with Crippen LogP contribution in [0, 0.1) is 5.92 Å². The third-order valence-corrected chi connectivity index (χ3v) is 7.43. The van der Waals surface area contributed by atoms with Crippen LogP contribution >= 0.6 is 24.0 Å². The van der Waals surface area contributed by atoms with Crippen LogP contribution in [0.3, 0.4) is 0 Å². The fourth-order valence-corrected chi connectivity index (χ4v) is 5.14. The van der Waals surface area contributed by atoms with Gasteiger partial charge in [0.1, 0.15) is 0 Å². The molecule has 1 amide bonds. The number of hydrogen-bond donors (Lipinski definition) is 1. The Morgan fingerprint density at radius 2 is 1.67 bits per heavy atom. The van der Waals surface area contributed by atoms with Crippen LogP contribution in [0.2, 0.25) is 5.02 Å². The molecule has 2 saturated heterocycles. The number of nitrogens with one attached hydrogen (secondary N) is 1. The summed E-state index contributed by atoms with van der Waals surface area (Å²) < 4.78 is 26.8. The van der Waals surface area contributed by atoms with E-state index >= 15 is 0 Å². The second kappa shape index (κ2) is 10.1. The number of rotatable bonds is 5. The van der Waals surface area contributed by atoms with Gasteiger partial charge in [0.2, 0.25) is 15.9 Å². The molecular formula is C18H27Cl2N3O3S. The van der Waals surface area contributed by atoms with Gasteiger partial charge in [-0.15, -0.1) is 12.4 Å². The molecule has 2 aliphatic rings. The number of sulfonamides is 1. The van der Waals surface area contributed by atoms with Gasteiger partial charge in [0, 0.05) is 37.6 Å². The molecule has 0 saturated carbocycles. The number of benzene rings is 1. The Morgan fingerprint density at radius 1 is 1.07 bits per heavy atom. The molecule has 6 nitrogen and oxygen atoms in total. The Hall–Kier alpha value is -0.860. The fraction of sp³-hybridized carbons (Fsp3) is 0.611. The van der Waals surface area contributed by atoms with Gasteiger partial charge in [-0.25, -0.2) is 8.42 Å². The molecule has 9 heteroatoms. The zero-order valence-electron chi connectivity index (χ0n) is 15.3. The van der Waals surface area contributed by atoms with E-state index in [0.29, 0.717) is 43.5 Å². The molecule has 2 heterocycles. The molecule has 0 bridgehead atoms. The second-order valence-electron chi connectivity index (χ2n) is 6.97. The van der Waals surface area contributed by atoms with Crippen molar-refractivity contribution in [3.05, 3.63) is 29.3 Å². The van der Waals surface area contributed by atoms with Crippen molar-refractivity contribution in [2.75, 3.05) is 39.3 Å². The summed E-state index contributed by atoms with van der Waals surface area (Å²) in [6.45, 7) is 3.67. The van der Waals surface area contributed by atoms with Gasteiger partial charge in [-0.3, -0.25) is 4.79 Å². The van der Waals surface area contributed by atoms with Gasteiger partial charge in [0.15, 0.2) is 0 Å². The largest absolute Gasteiger partial charge is 0.340 e. The zero-order chi connectivity index (χ0) is 18.6. The molecule has 1 N–H and O–H groups in total. The van der Waals surface area contributed by atoms with Crippen molar-refractivity contribution in [1.29, 1.82) is 0 Å². The molecule has 152 valence electrons. The van der Waals surface area contributed by atoms with E-state index in [0.717, 1.165) is 32.4 Å². The standard InChI is InChI=1S/C18H26ClN3O3S.ClH/c19-16-2-4-17(5-3-16)26(24,25)22-13-11-21(12-14-22)18(23)6-1-15-7-9-20-10-8-15;/h2-5,15,20H,1,6-14H2;1H. The van der Waals surface area contributed by atoms with Crippen molar-refractivity contribution in [2.45, 2.75) is 30.6 Å². The van der Waals surface area contributed by atoms with Gasteiger partial charge in [0.25, 0.3) is 0 Å². The first-order valence-electron chi connectivity index (χ1n) is 9.21. The van der Waals surface area contributed by atoms with Crippen LogP contribution < -0.4 is 5.32 Å². The average Bonchev–Trinajstić information content (AvgIpc) is 2.67. The highest BCUT2D eigenvalue weighted by Crippen LogP contribution is 2.21. The minimum Gasteiger partial charge on any atom is -0.340 e. The topological polar surface area (TPSA) is 69.7 Å². The summed E-state index contributed by atoms with van der Waals surface area (Å²) in [5, 5.41) is 3.84. The first-order chi connectivity index (χ1) is 12.5. The maximum Gasteiger partial charge on any atom is 0.243 e. The summed E-state index contributed by atoms with van der Waals surface area (Å²) >= 11 is 5.83. The van der Waals surface area contributed by atoms with E-state index in [-0.39, 0.29) is 23.2 Å². The van der Waals surface area contributed by atoms with Gasteiger partial charge in [0.05, 0.1) is 4.90 Å². The summed E-state index contributed by atoms with van der Waals surface area (Å²) in [6.07, 6.45) is 3.78. The molecule has 0 aromatic heterocycles. The molecule has 2 fully saturated rings. The van der Waals surface area contributed by atoms with E-state index in [9.17, 15) is 13.2 Å². The van der Waals surface area contributed by atoms with Crippen molar-refractivity contribution in [2.24, 2.45) is 5.92 Å². The van der Waals surface area contributed by atoms with Crippen molar-refractivity contribution < 1.29 is 13.2 Å². The first kappa shape index (κ1) is 22.4. The average molecular weight is 436 g/mol. The monoisotopic (exact) mass is 435 g/mol. The number of carbonyl (C=O) groups is 1. The number of piperazine rings is 1. The highest BCUT2D eigenvalue weighted by Gasteiger charge is 2.30. The van der Waals surface area contributed by atoms with E-state index in [1.165, 1.54) is 16.4 Å². The van der Waals surface area contributed by atoms with Gasteiger partial charge in [-0.2, -0.15) is 4.31 Å². The number of nitrogens with zero attached hydrogens (tertiary/aromatic N) is 2. The molecule has 0 unspecified atom stereocenters. The molecule has 27 heavy (non-hydrogen) atoms. The quantitative estimate of drug-likeness (QED) is 0.770. The van der Waals surface area contributed by atoms with E-state index in [1.54, 1.807) is 17.0 Å². The molecule has 3 rings (SSSR count). The molecule has 2 aliphatic heterocycles. The maximum absolute atomic E-state index is 12.7. The Balaban J connectivity index is 0.00000261. The van der Waals surface area contributed by atoms with Crippen LogP contribution in [-0.4, -0.2) is 62.8 Å². The number of carbonyl (C=O) groups excluding carboxylic acids is 1. The van der Waals surface area contributed by atoms with Crippen LogP contribution in [0.25, 0.3) is 0 Å². The summed E-state index contributed by atoms with van der Waals surface area (Å²) in [4.78, 5) is 14.5. The van der Waals surface area contributed by atoms with E-state index in [2.05, 4.69) is 5.32 Å². The minimum atomic E-state index is -3.53. The van der Waals surface area contributed by atoms with Crippen molar-refractivity contribution in [1.82, 2.24) is 14.5 Å². The lowest BCUT2D eigenvalue weighted by Crippen LogP contribution is -2.50. The molecule has 0 radical (unpaired) electrons. The summed E-state index contributed by atoms with van der Waals surface area (Å²) in [5.74, 6) is 0.777. The van der Waals surface area contributed by atoms with Gasteiger partial charge in [-0.1, -0.05) is 11.6 Å². The Kier molecular flexibility index (Phi) is 8.37. The van der Waals surface area contributed by atoms with Crippen molar-refractivity contribution >= 4 is 39.9 Å². The Morgan fingerprint density at radius 3 is 2.26 bits per heavy atom. The highest BCUT2D eigenvalue weighted by atomic mass is 35.5. The molecule has 1 aromatic carbocycles. The van der Waals surface area contributed by atoms with Crippen LogP contribution in [0.5, 0.6) is 0 Å². The smallest absolute Gasteiger partial charge is 0.243 e. The summed E-state index contributed by atoms with van der Waals surface area (Å²) in [7, 11) is -3.53. The number of halogens is 2. The highest BCUT2D eigenvalue weighted by molar-refractivity contribution is 7.89. The molecule has 1 aromatic rings. The minimum absolute atomic E-state index is 0. The third-order valence-electron chi connectivity index (χ3n) is 5.27. The summed E-state index contributed by atoms with van der Waals surface area (Å²) in [6, 6.07) is 6.20. The lowest BCUT2D eigenvalue weighted by atomic mass is 9.93. The van der Waals surface area contributed by atoms with Crippen LogP contribution in [0.1, 0.15) is 25.7 Å². The van der Waals surface area contributed by atoms with Gasteiger partial charge in [-0.05, 0) is 62.5 Å². The molecule has 0 aliphatic carbocycles. The normalized spacial score (nSPS) is 19.5. The lowest BCUT2D eigenvalue weighted by molar-refractivity contribution is -0.132. The Labute approximate surface area is 172 Å². The summed E-state index contributed by atoms with van der Waals surface area (Å²) in [5.41, 5.74) is 0. The van der Waals surface area contributed by atoms with E-state index in [1.807, 2.05) is 0 Å². The van der Waals surface area contributed by atoms with E-state index in [4.69, 9.17) is 11.6 Å². The number of hydrogen-bond acceptors (Lipinski definition) is 4. The predicted octanol–water partition coefficient (Wildman–Crippen LogP) is 2.37. The van der Waals surface area contributed by atoms with Gasteiger partial charge < -0.3 is 10.2 Å². The number of amides is 1. The molecule has 0 spiro atoms. The number of piperidine rings is 1. The third kappa shape index (κ3) is 5.81. The van der Waals surface area contributed by atoms with Crippen LogP contribution in [-0.2, 0) is 14.8 Å². The fourth-order valence-electron chi connectivity index (χ4n) is 3.59. The van der Waals surface area contributed by atoms with Gasteiger partial charge >= 0.3 is 0 Å². The molecular weight excluding hydrogens is 409 g/mol. The first-order valence-corrected chi connectivity index (χ1v) is 11.0.